The molecule has 0 unspecified atom stereocenters. The lowest BCUT2D eigenvalue weighted by Gasteiger charge is -2.30. The molecule has 1 amide bonds. The average molecular weight is 271 g/mol. The lowest BCUT2D eigenvalue weighted by molar-refractivity contribution is -0.153. The second-order valence-corrected chi connectivity index (χ2v) is 4.79. The average Bonchev–Trinajstić information content (AvgIpc) is 2.63. The SMILES string of the molecule is COC(=O)CC(=O)NC1(C(=O)OC)CCCCCC1. The third kappa shape index (κ3) is 4.22. The summed E-state index contributed by atoms with van der Waals surface area (Å²) in [5.41, 5.74) is -0.990. The molecule has 0 spiro atoms. The van der Waals surface area contributed by atoms with Crippen molar-refractivity contribution in [2.75, 3.05) is 14.2 Å². The van der Waals surface area contributed by atoms with Gasteiger partial charge in [-0.3, -0.25) is 9.59 Å². The van der Waals surface area contributed by atoms with Crippen molar-refractivity contribution in [3.8, 4) is 0 Å². The van der Waals surface area contributed by atoms with E-state index in [1.54, 1.807) is 0 Å². The topological polar surface area (TPSA) is 81.7 Å². The number of amides is 1. The molecule has 0 aromatic carbocycles. The predicted octanol–water partition coefficient (Wildman–Crippen LogP) is 0.932. The Morgan fingerprint density at radius 3 is 2.05 bits per heavy atom. The van der Waals surface area contributed by atoms with Gasteiger partial charge >= 0.3 is 11.9 Å². The third-order valence-electron chi connectivity index (χ3n) is 3.44. The van der Waals surface area contributed by atoms with E-state index < -0.39 is 23.4 Å². The third-order valence-corrected chi connectivity index (χ3v) is 3.44. The summed E-state index contributed by atoms with van der Waals surface area (Å²) in [4.78, 5) is 34.9. The summed E-state index contributed by atoms with van der Waals surface area (Å²) in [6.45, 7) is 0. The van der Waals surface area contributed by atoms with Crippen molar-refractivity contribution < 1.29 is 23.9 Å². The van der Waals surface area contributed by atoms with Gasteiger partial charge < -0.3 is 14.8 Å². The standard InChI is InChI=1S/C13H21NO5/c1-18-11(16)9-10(15)14-13(12(17)19-2)7-5-3-4-6-8-13/h3-9H2,1-2H3,(H,14,15). The highest BCUT2D eigenvalue weighted by Gasteiger charge is 2.41. The zero-order valence-corrected chi connectivity index (χ0v) is 11.5. The van der Waals surface area contributed by atoms with Crippen LogP contribution in [-0.2, 0) is 23.9 Å². The van der Waals surface area contributed by atoms with Gasteiger partial charge in [0, 0.05) is 0 Å². The van der Waals surface area contributed by atoms with Gasteiger partial charge in [0.1, 0.15) is 12.0 Å². The highest BCUT2D eigenvalue weighted by Crippen LogP contribution is 2.28. The van der Waals surface area contributed by atoms with Crippen LogP contribution in [-0.4, -0.2) is 37.6 Å². The zero-order valence-electron chi connectivity index (χ0n) is 11.5. The van der Waals surface area contributed by atoms with Crippen molar-refractivity contribution in [1.82, 2.24) is 5.32 Å². The van der Waals surface area contributed by atoms with E-state index in [0.717, 1.165) is 25.7 Å². The predicted molar refractivity (Wildman–Crippen MR) is 67.2 cm³/mol. The van der Waals surface area contributed by atoms with Gasteiger partial charge in [-0.15, -0.1) is 0 Å². The van der Waals surface area contributed by atoms with Gasteiger partial charge in [-0.05, 0) is 12.8 Å². The molecule has 0 aromatic heterocycles. The lowest BCUT2D eigenvalue weighted by atomic mass is 9.90. The molecule has 108 valence electrons. The first-order valence-electron chi connectivity index (χ1n) is 6.50. The van der Waals surface area contributed by atoms with Crippen molar-refractivity contribution in [3.05, 3.63) is 0 Å². The van der Waals surface area contributed by atoms with E-state index in [0.29, 0.717) is 12.8 Å². The van der Waals surface area contributed by atoms with E-state index in [-0.39, 0.29) is 6.42 Å². The lowest BCUT2D eigenvalue weighted by Crippen LogP contribution is -2.55. The van der Waals surface area contributed by atoms with Crippen LogP contribution in [0.1, 0.15) is 44.9 Å². The molecule has 0 bridgehead atoms. The maximum atomic E-state index is 12.0. The zero-order chi connectivity index (χ0) is 14.3. The normalized spacial score (nSPS) is 18.0. The van der Waals surface area contributed by atoms with Crippen LogP contribution in [0.5, 0.6) is 0 Å². The first-order valence-corrected chi connectivity index (χ1v) is 6.50. The summed E-state index contributed by atoms with van der Waals surface area (Å²) in [6.07, 6.45) is 4.49. The molecule has 0 saturated heterocycles. The first-order chi connectivity index (χ1) is 9.04. The maximum Gasteiger partial charge on any atom is 0.331 e. The van der Waals surface area contributed by atoms with E-state index in [4.69, 9.17) is 4.74 Å². The summed E-state index contributed by atoms with van der Waals surface area (Å²) >= 11 is 0. The Kier molecular flexibility index (Phi) is 5.79. The monoisotopic (exact) mass is 271 g/mol. The van der Waals surface area contributed by atoms with Crippen molar-refractivity contribution >= 4 is 17.8 Å². The van der Waals surface area contributed by atoms with E-state index in [1.807, 2.05) is 0 Å². The van der Waals surface area contributed by atoms with Gasteiger partial charge in [0.05, 0.1) is 14.2 Å². The van der Waals surface area contributed by atoms with Crippen molar-refractivity contribution in [3.63, 3.8) is 0 Å². The van der Waals surface area contributed by atoms with Crippen LogP contribution in [0.25, 0.3) is 0 Å². The molecule has 0 radical (unpaired) electrons. The molecular weight excluding hydrogens is 250 g/mol. The largest absolute Gasteiger partial charge is 0.469 e. The summed E-state index contributed by atoms with van der Waals surface area (Å²) < 4.78 is 9.25. The van der Waals surface area contributed by atoms with Crippen LogP contribution in [0.4, 0.5) is 0 Å². The minimum Gasteiger partial charge on any atom is -0.469 e. The van der Waals surface area contributed by atoms with Crippen molar-refractivity contribution in [2.24, 2.45) is 0 Å². The molecular formula is C13H21NO5. The Morgan fingerprint density at radius 2 is 1.58 bits per heavy atom. The molecule has 1 saturated carbocycles. The van der Waals surface area contributed by atoms with Crippen molar-refractivity contribution in [2.45, 2.75) is 50.5 Å². The van der Waals surface area contributed by atoms with Crippen LogP contribution in [0.3, 0.4) is 0 Å². The molecule has 1 fully saturated rings. The highest BCUT2D eigenvalue weighted by molar-refractivity contribution is 5.97. The number of carbonyl (C=O) groups excluding carboxylic acids is 3. The second kappa shape index (κ2) is 7.11. The molecule has 0 aliphatic heterocycles. The Labute approximate surface area is 112 Å². The Balaban J connectivity index is 2.76. The number of rotatable bonds is 4. The van der Waals surface area contributed by atoms with Crippen LogP contribution < -0.4 is 5.32 Å². The smallest absolute Gasteiger partial charge is 0.331 e. The fourth-order valence-electron chi connectivity index (χ4n) is 2.42. The minimum absolute atomic E-state index is 0.380. The fraction of sp³-hybridized carbons (Fsp3) is 0.769. The molecule has 6 heteroatoms. The molecule has 1 aliphatic rings. The number of hydrogen-bond donors (Lipinski definition) is 1. The van der Waals surface area contributed by atoms with Gasteiger partial charge in [-0.25, -0.2) is 4.79 Å². The summed E-state index contributed by atoms with van der Waals surface area (Å²) in [5, 5.41) is 2.67. The van der Waals surface area contributed by atoms with Crippen LogP contribution >= 0.6 is 0 Å². The van der Waals surface area contributed by atoms with E-state index in [2.05, 4.69) is 10.1 Å². The van der Waals surface area contributed by atoms with Gasteiger partial charge in [0.15, 0.2) is 0 Å². The molecule has 0 atom stereocenters. The van der Waals surface area contributed by atoms with Gasteiger partial charge in [0.25, 0.3) is 0 Å². The van der Waals surface area contributed by atoms with Gasteiger partial charge in [-0.2, -0.15) is 0 Å². The second-order valence-electron chi connectivity index (χ2n) is 4.79. The maximum absolute atomic E-state index is 12.0. The molecule has 1 rings (SSSR count). The molecule has 19 heavy (non-hydrogen) atoms. The number of methoxy groups -OCH3 is 2. The van der Waals surface area contributed by atoms with Crippen molar-refractivity contribution in [1.29, 1.82) is 0 Å². The quantitative estimate of drug-likeness (QED) is 0.467. The summed E-state index contributed by atoms with van der Waals surface area (Å²) in [6, 6.07) is 0. The summed E-state index contributed by atoms with van der Waals surface area (Å²) in [5.74, 6) is -1.56. The molecule has 6 nitrogen and oxygen atoms in total. The molecule has 0 heterocycles. The fourth-order valence-corrected chi connectivity index (χ4v) is 2.42. The van der Waals surface area contributed by atoms with E-state index >= 15 is 0 Å². The first kappa shape index (κ1) is 15.5. The van der Waals surface area contributed by atoms with Gasteiger partial charge in [0.2, 0.25) is 5.91 Å². The number of esters is 2. The molecule has 1 N–H and O–H groups in total. The van der Waals surface area contributed by atoms with Crippen LogP contribution in [0, 0.1) is 0 Å². The van der Waals surface area contributed by atoms with Crippen LogP contribution in [0.2, 0.25) is 0 Å². The highest BCUT2D eigenvalue weighted by atomic mass is 16.5. The van der Waals surface area contributed by atoms with Gasteiger partial charge in [-0.1, -0.05) is 25.7 Å². The number of ether oxygens (including phenoxy) is 2. The number of hydrogen-bond acceptors (Lipinski definition) is 5. The Hall–Kier alpha value is -1.59. The minimum atomic E-state index is -0.990. The Bertz CT molecular complexity index is 345. The van der Waals surface area contributed by atoms with E-state index in [1.165, 1.54) is 14.2 Å². The summed E-state index contributed by atoms with van der Waals surface area (Å²) in [7, 11) is 2.53. The molecule has 0 aromatic rings. The van der Waals surface area contributed by atoms with Crippen LogP contribution in [0.15, 0.2) is 0 Å². The number of carbonyl (C=O) groups is 3. The molecule has 1 aliphatic carbocycles. The number of nitrogens with one attached hydrogen (secondary N) is 1. The van der Waals surface area contributed by atoms with E-state index in [9.17, 15) is 14.4 Å². The Morgan fingerprint density at radius 1 is 1.00 bits per heavy atom.